The van der Waals surface area contributed by atoms with Gasteiger partial charge in [-0.2, -0.15) is 0 Å². The van der Waals surface area contributed by atoms with Crippen molar-refractivity contribution in [2.24, 2.45) is 0 Å². The van der Waals surface area contributed by atoms with Crippen LogP contribution in [0.3, 0.4) is 0 Å². The van der Waals surface area contributed by atoms with Gasteiger partial charge in [0.1, 0.15) is 5.82 Å². The van der Waals surface area contributed by atoms with Crippen molar-refractivity contribution in [3.05, 3.63) is 30.3 Å². The molecule has 0 fully saturated rings. The van der Waals surface area contributed by atoms with Gasteiger partial charge in [0.05, 0.1) is 6.42 Å². The summed E-state index contributed by atoms with van der Waals surface area (Å²) in [5.74, 6) is 0.571. The van der Waals surface area contributed by atoms with Gasteiger partial charge in [0.25, 0.3) is 0 Å². The third-order valence-electron chi connectivity index (χ3n) is 1.37. The number of aromatic nitrogens is 1. The first-order valence-electron chi connectivity index (χ1n) is 2.97. The van der Waals surface area contributed by atoms with Crippen molar-refractivity contribution in [2.75, 3.05) is 5.32 Å². The predicted molar refractivity (Wildman–Crippen MR) is 36.3 cm³/mol. The number of anilines is 1. The molecule has 3 nitrogen and oxygen atoms in total. The number of hydrogen-bond donors (Lipinski definition) is 1. The summed E-state index contributed by atoms with van der Waals surface area (Å²) in [6.45, 7) is 0. The topological polar surface area (TPSA) is 42.0 Å². The maximum Gasteiger partial charge on any atom is 0.234 e. The number of amides is 1. The molecule has 1 radical (unpaired) electrons. The van der Waals surface area contributed by atoms with E-state index in [-0.39, 0.29) is 5.91 Å². The molecule has 0 saturated heterocycles. The molecular weight excluding hydrogens is 128 g/mol. The predicted octanol–water partition coefficient (Wildman–Crippen LogP) is 0.586. The van der Waals surface area contributed by atoms with Gasteiger partial charge >= 0.3 is 0 Å². The summed E-state index contributed by atoms with van der Waals surface area (Å²) >= 11 is 0. The zero-order chi connectivity index (χ0) is 6.97. The Kier molecular flexibility index (Phi) is 0.974. The molecule has 3 heteroatoms. The maximum absolute atomic E-state index is 10.7. The summed E-state index contributed by atoms with van der Waals surface area (Å²) in [7, 11) is 0. The molecule has 49 valence electrons. The average molecular weight is 133 g/mol. The Morgan fingerprint density at radius 1 is 1.50 bits per heavy atom. The van der Waals surface area contributed by atoms with E-state index in [0.29, 0.717) is 5.82 Å². The Balaban J connectivity index is 2.51. The Morgan fingerprint density at radius 3 is 3.20 bits per heavy atom. The van der Waals surface area contributed by atoms with Crippen molar-refractivity contribution in [1.82, 2.24) is 4.98 Å². The highest BCUT2D eigenvalue weighted by Gasteiger charge is 2.17. The minimum atomic E-state index is -0.0892. The zero-order valence-corrected chi connectivity index (χ0v) is 5.16. The molecule has 1 aliphatic heterocycles. The molecule has 1 amide bonds. The van der Waals surface area contributed by atoms with E-state index in [1.165, 1.54) is 6.42 Å². The summed E-state index contributed by atoms with van der Waals surface area (Å²) in [6, 6.07) is 3.65. The summed E-state index contributed by atoms with van der Waals surface area (Å²) in [4.78, 5) is 14.6. The summed E-state index contributed by atoms with van der Waals surface area (Å²) in [5.41, 5.74) is 0.868. The van der Waals surface area contributed by atoms with E-state index in [0.717, 1.165) is 5.56 Å². The van der Waals surface area contributed by atoms with Crippen LogP contribution in [-0.4, -0.2) is 10.9 Å². The molecule has 1 aliphatic rings. The van der Waals surface area contributed by atoms with Crippen molar-refractivity contribution in [3.8, 4) is 0 Å². The van der Waals surface area contributed by atoms with Crippen molar-refractivity contribution < 1.29 is 4.79 Å². The van der Waals surface area contributed by atoms with Gasteiger partial charge in [-0.3, -0.25) is 4.79 Å². The Bertz CT molecular complexity index is 256. The number of carbonyl (C=O) groups excluding carboxylic acids is 1. The van der Waals surface area contributed by atoms with Gasteiger partial charge in [-0.25, -0.2) is 4.98 Å². The first kappa shape index (κ1) is 5.41. The van der Waals surface area contributed by atoms with Crippen LogP contribution in [0, 0.1) is 6.42 Å². The number of nitrogens with zero attached hydrogens (tertiary/aromatic N) is 1. The van der Waals surface area contributed by atoms with Gasteiger partial charge in [-0.15, -0.1) is 0 Å². The Labute approximate surface area is 58.1 Å². The van der Waals surface area contributed by atoms with Crippen molar-refractivity contribution in [3.63, 3.8) is 0 Å². The lowest BCUT2D eigenvalue weighted by Gasteiger charge is -1.91. The van der Waals surface area contributed by atoms with Crippen LogP contribution in [0.15, 0.2) is 18.3 Å². The fourth-order valence-electron chi connectivity index (χ4n) is 0.933. The lowest BCUT2D eigenvalue weighted by molar-refractivity contribution is -0.112. The standard InChI is InChI=1S/C7H5N2O/c10-6-4-5-2-1-3-8-7(5)9-6/h1-4H,(H,8,9,10). The van der Waals surface area contributed by atoms with Gasteiger partial charge in [-0.1, -0.05) is 6.07 Å². The molecule has 2 rings (SSSR count). The summed E-state index contributed by atoms with van der Waals surface area (Å²) < 4.78 is 0. The molecule has 0 saturated carbocycles. The van der Waals surface area contributed by atoms with Gasteiger partial charge < -0.3 is 5.32 Å². The van der Waals surface area contributed by atoms with Gasteiger partial charge in [0.15, 0.2) is 0 Å². The molecule has 1 aromatic rings. The van der Waals surface area contributed by atoms with E-state index in [1.54, 1.807) is 12.3 Å². The summed E-state index contributed by atoms with van der Waals surface area (Å²) in [6.07, 6.45) is 3.18. The number of hydrogen-bond acceptors (Lipinski definition) is 2. The van der Waals surface area contributed by atoms with E-state index in [9.17, 15) is 4.79 Å². The van der Waals surface area contributed by atoms with Gasteiger partial charge in [0, 0.05) is 11.8 Å². The van der Waals surface area contributed by atoms with Crippen LogP contribution in [0.4, 0.5) is 5.82 Å². The van der Waals surface area contributed by atoms with Gasteiger partial charge in [-0.05, 0) is 6.07 Å². The van der Waals surface area contributed by atoms with Crippen LogP contribution in [-0.2, 0) is 4.79 Å². The van der Waals surface area contributed by atoms with Crippen LogP contribution in [0.5, 0.6) is 0 Å². The SMILES string of the molecule is O=C1[CH]c2cccnc2N1. The second-order valence-electron chi connectivity index (χ2n) is 2.07. The van der Waals surface area contributed by atoms with Crippen molar-refractivity contribution >= 4 is 11.7 Å². The van der Waals surface area contributed by atoms with Crippen LogP contribution in [0.2, 0.25) is 0 Å². The average Bonchev–Trinajstić information content (AvgIpc) is 2.27. The second kappa shape index (κ2) is 1.80. The molecule has 2 heterocycles. The lowest BCUT2D eigenvalue weighted by atomic mass is 10.2. The number of fused-ring (bicyclic) bond motifs is 1. The minimum absolute atomic E-state index is 0.0892. The second-order valence-corrected chi connectivity index (χ2v) is 2.07. The molecule has 10 heavy (non-hydrogen) atoms. The van der Waals surface area contributed by atoms with Crippen LogP contribution < -0.4 is 5.32 Å². The Morgan fingerprint density at radius 2 is 2.40 bits per heavy atom. The largest absolute Gasteiger partial charge is 0.310 e. The highest BCUT2D eigenvalue weighted by Crippen LogP contribution is 2.19. The molecule has 0 atom stereocenters. The fourth-order valence-corrected chi connectivity index (χ4v) is 0.933. The van der Waals surface area contributed by atoms with Gasteiger partial charge in [0.2, 0.25) is 5.91 Å². The fraction of sp³-hybridized carbons (Fsp3) is 0. The number of pyridine rings is 1. The van der Waals surface area contributed by atoms with E-state index < -0.39 is 0 Å². The third kappa shape index (κ3) is 0.673. The molecular formula is C7H5N2O. The van der Waals surface area contributed by atoms with E-state index in [4.69, 9.17) is 0 Å². The molecule has 0 unspecified atom stereocenters. The van der Waals surface area contributed by atoms with E-state index in [2.05, 4.69) is 10.3 Å². The first-order valence-corrected chi connectivity index (χ1v) is 2.97. The Hall–Kier alpha value is -1.38. The smallest absolute Gasteiger partial charge is 0.234 e. The monoisotopic (exact) mass is 133 g/mol. The number of carbonyl (C=O) groups is 1. The summed E-state index contributed by atoms with van der Waals surface area (Å²) in [5, 5.41) is 2.59. The molecule has 0 aliphatic carbocycles. The third-order valence-corrected chi connectivity index (χ3v) is 1.37. The van der Waals surface area contributed by atoms with E-state index >= 15 is 0 Å². The molecule has 0 bridgehead atoms. The molecule has 1 aromatic heterocycles. The van der Waals surface area contributed by atoms with Crippen molar-refractivity contribution in [1.29, 1.82) is 0 Å². The van der Waals surface area contributed by atoms with Crippen molar-refractivity contribution in [2.45, 2.75) is 0 Å². The molecule has 0 aromatic carbocycles. The normalized spacial score (nSPS) is 14.6. The zero-order valence-electron chi connectivity index (χ0n) is 5.16. The van der Waals surface area contributed by atoms with Crippen LogP contribution in [0.1, 0.15) is 5.56 Å². The molecule has 1 N–H and O–H groups in total. The highest BCUT2D eigenvalue weighted by molar-refractivity contribution is 6.05. The number of rotatable bonds is 0. The van der Waals surface area contributed by atoms with E-state index in [1.807, 2.05) is 6.07 Å². The number of nitrogens with one attached hydrogen (secondary N) is 1. The maximum atomic E-state index is 10.7. The molecule has 0 spiro atoms. The minimum Gasteiger partial charge on any atom is -0.310 e. The first-order chi connectivity index (χ1) is 4.86. The van der Waals surface area contributed by atoms with Crippen LogP contribution >= 0.6 is 0 Å². The lowest BCUT2D eigenvalue weighted by Crippen LogP contribution is -2.02. The quantitative estimate of drug-likeness (QED) is 0.562. The van der Waals surface area contributed by atoms with Crippen LogP contribution in [0.25, 0.3) is 0 Å². The highest BCUT2D eigenvalue weighted by atomic mass is 16.1.